The van der Waals surface area contributed by atoms with E-state index >= 15 is 0 Å². The Morgan fingerprint density at radius 1 is 1.10 bits per heavy atom. The zero-order valence-electron chi connectivity index (χ0n) is 11.8. The molecule has 1 N–H and O–H groups in total. The number of fused-ring (bicyclic) bond motifs is 1. The number of rotatable bonds is 4. The van der Waals surface area contributed by atoms with E-state index in [2.05, 4.69) is 35.6 Å². The van der Waals surface area contributed by atoms with Crippen LogP contribution in [-0.4, -0.2) is 5.91 Å². The van der Waals surface area contributed by atoms with E-state index in [0.717, 1.165) is 5.56 Å². The second-order valence-corrected chi connectivity index (χ2v) is 4.72. The van der Waals surface area contributed by atoms with Crippen LogP contribution in [0.2, 0.25) is 0 Å². The molecular formula is C18H19NO. The van der Waals surface area contributed by atoms with E-state index < -0.39 is 0 Å². The SMILES string of the molecule is C/C=C/C=C\C(=O)N[C@H](C)c1ccc2ccccc2c1. The Morgan fingerprint density at radius 2 is 1.85 bits per heavy atom. The summed E-state index contributed by atoms with van der Waals surface area (Å²) < 4.78 is 0. The van der Waals surface area contributed by atoms with Gasteiger partial charge in [0.2, 0.25) is 5.91 Å². The van der Waals surface area contributed by atoms with Gasteiger partial charge in [0.25, 0.3) is 0 Å². The van der Waals surface area contributed by atoms with Crippen LogP contribution in [0.5, 0.6) is 0 Å². The minimum atomic E-state index is -0.0799. The number of benzene rings is 2. The van der Waals surface area contributed by atoms with Crippen LogP contribution in [0.25, 0.3) is 10.8 Å². The first-order valence-corrected chi connectivity index (χ1v) is 6.79. The van der Waals surface area contributed by atoms with E-state index in [0.29, 0.717) is 0 Å². The molecule has 1 amide bonds. The number of amides is 1. The summed E-state index contributed by atoms with van der Waals surface area (Å²) in [5.74, 6) is -0.0799. The predicted molar refractivity (Wildman–Crippen MR) is 84.5 cm³/mol. The molecule has 0 spiro atoms. The van der Waals surface area contributed by atoms with Crippen molar-refractivity contribution < 1.29 is 4.79 Å². The summed E-state index contributed by atoms with van der Waals surface area (Å²) in [6, 6.07) is 14.5. The van der Waals surface area contributed by atoms with E-state index in [4.69, 9.17) is 0 Å². The molecule has 0 radical (unpaired) electrons. The highest BCUT2D eigenvalue weighted by atomic mass is 16.1. The highest BCUT2D eigenvalue weighted by molar-refractivity contribution is 5.88. The first kappa shape index (κ1) is 14.1. The Balaban J connectivity index is 2.11. The van der Waals surface area contributed by atoms with Crippen molar-refractivity contribution in [2.75, 3.05) is 0 Å². The lowest BCUT2D eigenvalue weighted by molar-refractivity contribution is -0.117. The van der Waals surface area contributed by atoms with Crippen LogP contribution >= 0.6 is 0 Å². The lowest BCUT2D eigenvalue weighted by atomic mass is 10.0. The van der Waals surface area contributed by atoms with Crippen molar-refractivity contribution in [3.8, 4) is 0 Å². The minimum absolute atomic E-state index is 0.0117. The van der Waals surface area contributed by atoms with E-state index in [1.807, 2.05) is 38.1 Å². The normalized spacial score (nSPS) is 13.1. The van der Waals surface area contributed by atoms with Gasteiger partial charge in [0.15, 0.2) is 0 Å². The van der Waals surface area contributed by atoms with Crippen molar-refractivity contribution in [1.82, 2.24) is 5.32 Å². The van der Waals surface area contributed by atoms with Crippen LogP contribution in [0.1, 0.15) is 25.5 Å². The van der Waals surface area contributed by atoms with Crippen LogP contribution in [0, 0.1) is 0 Å². The maximum atomic E-state index is 11.7. The van der Waals surface area contributed by atoms with Crippen LogP contribution in [-0.2, 0) is 4.79 Å². The maximum absolute atomic E-state index is 11.7. The van der Waals surface area contributed by atoms with E-state index in [1.165, 1.54) is 16.8 Å². The molecule has 0 heterocycles. The molecule has 2 rings (SSSR count). The van der Waals surface area contributed by atoms with Gasteiger partial charge in [-0.3, -0.25) is 4.79 Å². The van der Waals surface area contributed by atoms with Gasteiger partial charge in [-0.2, -0.15) is 0 Å². The zero-order chi connectivity index (χ0) is 14.4. The van der Waals surface area contributed by atoms with Crippen molar-refractivity contribution in [2.24, 2.45) is 0 Å². The van der Waals surface area contributed by atoms with Gasteiger partial charge in [-0.15, -0.1) is 0 Å². The number of carbonyl (C=O) groups excluding carboxylic acids is 1. The second kappa shape index (κ2) is 6.71. The van der Waals surface area contributed by atoms with Crippen LogP contribution in [0.15, 0.2) is 66.8 Å². The summed E-state index contributed by atoms with van der Waals surface area (Å²) in [4.78, 5) is 11.7. The van der Waals surface area contributed by atoms with Crippen LogP contribution < -0.4 is 5.32 Å². The molecule has 0 aliphatic carbocycles. The Morgan fingerprint density at radius 3 is 2.60 bits per heavy atom. The topological polar surface area (TPSA) is 29.1 Å². The predicted octanol–water partition coefficient (Wildman–Crippen LogP) is 4.15. The lowest BCUT2D eigenvalue weighted by Gasteiger charge is -2.13. The molecule has 2 aromatic rings. The van der Waals surface area contributed by atoms with Gasteiger partial charge in [-0.1, -0.05) is 54.6 Å². The average Bonchev–Trinajstić information content (AvgIpc) is 2.47. The van der Waals surface area contributed by atoms with Gasteiger partial charge in [0.1, 0.15) is 0 Å². The second-order valence-electron chi connectivity index (χ2n) is 4.72. The number of hydrogen-bond acceptors (Lipinski definition) is 1. The summed E-state index contributed by atoms with van der Waals surface area (Å²) >= 11 is 0. The highest BCUT2D eigenvalue weighted by Gasteiger charge is 2.07. The van der Waals surface area contributed by atoms with Gasteiger partial charge >= 0.3 is 0 Å². The molecule has 0 fully saturated rings. The summed E-state index contributed by atoms with van der Waals surface area (Å²) in [7, 11) is 0. The molecule has 20 heavy (non-hydrogen) atoms. The molecule has 0 saturated heterocycles. The molecule has 2 aromatic carbocycles. The Kier molecular flexibility index (Phi) is 4.72. The van der Waals surface area contributed by atoms with E-state index in [1.54, 1.807) is 6.08 Å². The molecule has 0 bridgehead atoms. The summed E-state index contributed by atoms with van der Waals surface area (Å²) in [6.45, 7) is 3.91. The van der Waals surface area contributed by atoms with Gasteiger partial charge in [-0.05, 0) is 36.2 Å². The minimum Gasteiger partial charge on any atom is -0.346 e. The van der Waals surface area contributed by atoms with Crippen LogP contribution in [0.3, 0.4) is 0 Å². The van der Waals surface area contributed by atoms with E-state index in [9.17, 15) is 4.79 Å². The summed E-state index contributed by atoms with van der Waals surface area (Å²) in [5, 5.41) is 5.36. The molecule has 0 saturated carbocycles. The summed E-state index contributed by atoms with van der Waals surface area (Å²) in [6.07, 6.45) is 7.00. The highest BCUT2D eigenvalue weighted by Crippen LogP contribution is 2.20. The fraction of sp³-hybridized carbons (Fsp3) is 0.167. The van der Waals surface area contributed by atoms with E-state index in [-0.39, 0.29) is 11.9 Å². The third kappa shape index (κ3) is 3.58. The number of carbonyl (C=O) groups is 1. The Labute approximate surface area is 119 Å². The third-order valence-corrected chi connectivity index (χ3v) is 3.18. The standard InChI is InChI=1S/C18H19NO/c1-3-4-5-10-18(20)19-14(2)16-12-11-15-8-6-7-9-17(15)13-16/h3-14H,1-2H3,(H,19,20)/b4-3+,10-5-/t14-/m1/s1. The molecular weight excluding hydrogens is 246 g/mol. The monoisotopic (exact) mass is 265 g/mol. The Bertz CT molecular complexity index is 655. The molecule has 1 atom stereocenters. The zero-order valence-corrected chi connectivity index (χ0v) is 11.8. The van der Waals surface area contributed by atoms with Crippen molar-refractivity contribution in [3.63, 3.8) is 0 Å². The molecule has 102 valence electrons. The van der Waals surface area contributed by atoms with Gasteiger partial charge in [0, 0.05) is 6.08 Å². The number of hydrogen-bond donors (Lipinski definition) is 1. The Hall–Kier alpha value is -2.35. The number of nitrogens with one attached hydrogen (secondary N) is 1. The molecule has 2 nitrogen and oxygen atoms in total. The first-order chi connectivity index (χ1) is 9.70. The average molecular weight is 265 g/mol. The molecule has 0 aliphatic rings. The third-order valence-electron chi connectivity index (χ3n) is 3.18. The fourth-order valence-corrected chi connectivity index (χ4v) is 2.08. The molecule has 2 heteroatoms. The molecule has 0 aliphatic heterocycles. The van der Waals surface area contributed by atoms with Gasteiger partial charge in [-0.25, -0.2) is 0 Å². The number of allylic oxidation sites excluding steroid dienone is 3. The van der Waals surface area contributed by atoms with Crippen molar-refractivity contribution in [1.29, 1.82) is 0 Å². The maximum Gasteiger partial charge on any atom is 0.244 e. The lowest BCUT2D eigenvalue weighted by Crippen LogP contribution is -2.24. The molecule has 0 unspecified atom stereocenters. The van der Waals surface area contributed by atoms with Crippen molar-refractivity contribution in [3.05, 3.63) is 72.3 Å². The van der Waals surface area contributed by atoms with Gasteiger partial charge < -0.3 is 5.32 Å². The first-order valence-electron chi connectivity index (χ1n) is 6.79. The smallest absolute Gasteiger partial charge is 0.244 e. The fourth-order valence-electron chi connectivity index (χ4n) is 2.08. The quantitative estimate of drug-likeness (QED) is 0.653. The van der Waals surface area contributed by atoms with Crippen molar-refractivity contribution in [2.45, 2.75) is 19.9 Å². The molecule has 0 aromatic heterocycles. The largest absolute Gasteiger partial charge is 0.346 e. The van der Waals surface area contributed by atoms with Crippen molar-refractivity contribution >= 4 is 16.7 Å². The van der Waals surface area contributed by atoms with Crippen LogP contribution in [0.4, 0.5) is 0 Å². The summed E-state index contributed by atoms with van der Waals surface area (Å²) in [5.41, 5.74) is 1.11. The van der Waals surface area contributed by atoms with Gasteiger partial charge in [0.05, 0.1) is 6.04 Å².